The smallest absolute Gasteiger partial charge is 0.276 e. The summed E-state index contributed by atoms with van der Waals surface area (Å²) in [5, 5.41) is 20.8. The van der Waals surface area contributed by atoms with E-state index in [1.165, 1.54) is 0 Å². The average Bonchev–Trinajstić information content (AvgIpc) is 2.88. The van der Waals surface area contributed by atoms with Crippen molar-refractivity contribution in [2.24, 2.45) is 0 Å². The Labute approximate surface area is 128 Å². The van der Waals surface area contributed by atoms with Crippen LogP contribution in [0.4, 0.5) is 11.5 Å². The van der Waals surface area contributed by atoms with Gasteiger partial charge in [-0.1, -0.05) is 18.2 Å². The number of carbonyl (C=O) groups excluding carboxylic acids is 1. The lowest BCUT2D eigenvalue weighted by Gasteiger charge is -2.19. The minimum atomic E-state index is -0.689. The number of aliphatic hydroxyl groups is 1. The van der Waals surface area contributed by atoms with Gasteiger partial charge >= 0.3 is 0 Å². The van der Waals surface area contributed by atoms with E-state index in [0.29, 0.717) is 24.5 Å². The molecule has 1 aliphatic heterocycles. The Kier molecular flexibility index (Phi) is 3.77. The van der Waals surface area contributed by atoms with Crippen molar-refractivity contribution >= 4 is 17.4 Å². The number of para-hydroxylation sites is 1. The lowest BCUT2D eigenvalue weighted by atomic mass is 10.1. The van der Waals surface area contributed by atoms with Crippen LogP contribution in [0.2, 0.25) is 0 Å². The Bertz CT molecular complexity index is 656. The van der Waals surface area contributed by atoms with Crippen LogP contribution in [-0.4, -0.2) is 39.9 Å². The summed E-state index contributed by atoms with van der Waals surface area (Å²) in [6.07, 6.45) is 0.699. The van der Waals surface area contributed by atoms with Crippen LogP contribution >= 0.6 is 0 Å². The number of benzene rings is 1. The minimum Gasteiger partial charge on any atom is -0.388 e. The van der Waals surface area contributed by atoms with Gasteiger partial charge < -0.3 is 15.3 Å². The number of nitrogens with zero attached hydrogens (tertiary/aromatic N) is 3. The number of nitrogens with one attached hydrogen (secondary N) is 1. The van der Waals surface area contributed by atoms with Crippen molar-refractivity contribution in [1.82, 2.24) is 10.2 Å². The van der Waals surface area contributed by atoms with Crippen LogP contribution < -0.4 is 10.2 Å². The summed E-state index contributed by atoms with van der Waals surface area (Å²) in [4.78, 5) is 14.0. The summed E-state index contributed by atoms with van der Waals surface area (Å²) in [6, 6.07) is 12.6. The maximum absolute atomic E-state index is 12.1. The quantitative estimate of drug-likeness (QED) is 0.901. The first kappa shape index (κ1) is 14.5. The van der Waals surface area contributed by atoms with Crippen molar-refractivity contribution in [1.29, 1.82) is 0 Å². The topological polar surface area (TPSA) is 78.4 Å². The van der Waals surface area contributed by atoms with Gasteiger partial charge in [0.15, 0.2) is 11.5 Å². The van der Waals surface area contributed by atoms with Gasteiger partial charge in [-0.3, -0.25) is 4.79 Å². The molecule has 0 radical (unpaired) electrons. The summed E-state index contributed by atoms with van der Waals surface area (Å²) in [5.74, 6) is 0.382. The van der Waals surface area contributed by atoms with Crippen LogP contribution in [0.25, 0.3) is 0 Å². The van der Waals surface area contributed by atoms with Gasteiger partial charge in [-0.2, -0.15) is 0 Å². The number of carbonyl (C=O) groups is 1. The van der Waals surface area contributed by atoms with Gasteiger partial charge in [-0.25, -0.2) is 0 Å². The van der Waals surface area contributed by atoms with Gasteiger partial charge in [-0.15, -0.1) is 10.2 Å². The van der Waals surface area contributed by atoms with Crippen molar-refractivity contribution in [3.8, 4) is 0 Å². The number of hydrogen-bond acceptors (Lipinski definition) is 5. The van der Waals surface area contributed by atoms with Crippen LogP contribution in [0.3, 0.4) is 0 Å². The standard InChI is InChI=1S/C16H18N4O2/c1-16(22)9-10-20(11-16)14-8-7-13(18-19-14)15(21)17-12-5-3-2-4-6-12/h2-8,22H,9-11H2,1H3,(H,17,21). The van der Waals surface area contributed by atoms with Crippen molar-refractivity contribution < 1.29 is 9.90 Å². The van der Waals surface area contributed by atoms with Gasteiger partial charge in [0.1, 0.15) is 0 Å². The zero-order valence-corrected chi connectivity index (χ0v) is 12.4. The molecule has 114 valence electrons. The molecule has 2 heterocycles. The molecule has 6 nitrogen and oxygen atoms in total. The van der Waals surface area contributed by atoms with Crippen molar-refractivity contribution in [2.45, 2.75) is 18.9 Å². The van der Waals surface area contributed by atoms with Crippen molar-refractivity contribution in [3.63, 3.8) is 0 Å². The average molecular weight is 298 g/mol. The highest BCUT2D eigenvalue weighted by atomic mass is 16.3. The first-order valence-electron chi connectivity index (χ1n) is 7.21. The van der Waals surface area contributed by atoms with Crippen molar-refractivity contribution in [3.05, 3.63) is 48.2 Å². The highest BCUT2D eigenvalue weighted by Crippen LogP contribution is 2.24. The lowest BCUT2D eigenvalue weighted by molar-refractivity contribution is 0.0838. The van der Waals surface area contributed by atoms with E-state index < -0.39 is 5.60 Å². The summed E-state index contributed by atoms with van der Waals surface area (Å²) >= 11 is 0. The predicted octanol–water partition coefficient (Wildman–Crippen LogP) is 1.69. The maximum atomic E-state index is 12.1. The van der Waals surface area contributed by atoms with E-state index in [4.69, 9.17) is 0 Å². The van der Waals surface area contributed by atoms with E-state index in [1.807, 2.05) is 42.2 Å². The molecule has 1 unspecified atom stereocenters. The van der Waals surface area contributed by atoms with Gasteiger partial charge in [-0.05, 0) is 37.6 Å². The Hall–Kier alpha value is -2.47. The number of aromatic nitrogens is 2. The second kappa shape index (κ2) is 5.73. The molecule has 1 amide bonds. The molecular formula is C16H18N4O2. The number of anilines is 2. The van der Waals surface area contributed by atoms with E-state index in [1.54, 1.807) is 12.1 Å². The first-order valence-corrected chi connectivity index (χ1v) is 7.21. The summed E-state index contributed by atoms with van der Waals surface area (Å²) in [7, 11) is 0. The Morgan fingerprint density at radius 1 is 1.23 bits per heavy atom. The van der Waals surface area contributed by atoms with Crippen molar-refractivity contribution in [2.75, 3.05) is 23.3 Å². The largest absolute Gasteiger partial charge is 0.388 e. The lowest BCUT2D eigenvalue weighted by Crippen LogP contribution is -2.30. The molecule has 2 N–H and O–H groups in total. The molecule has 1 saturated heterocycles. The second-order valence-electron chi connectivity index (χ2n) is 5.77. The molecule has 0 spiro atoms. The summed E-state index contributed by atoms with van der Waals surface area (Å²) in [6.45, 7) is 3.07. The van der Waals surface area contributed by atoms with E-state index in [0.717, 1.165) is 6.54 Å². The monoisotopic (exact) mass is 298 g/mol. The van der Waals surface area contributed by atoms with Gasteiger partial charge in [0, 0.05) is 18.8 Å². The molecule has 1 fully saturated rings. The summed E-state index contributed by atoms with van der Waals surface area (Å²) in [5.41, 5.74) is 0.290. The van der Waals surface area contributed by atoms with E-state index in [-0.39, 0.29) is 11.6 Å². The Morgan fingerprint density at radius 2 is 2.00 bits per heavy atom. The fourth-order valence-corrected chi connectivity index (χ4v) is 2.47. The second-order valence-corrected chi connectivity index (χ2v) is 5.77. The zero-order valence-electron chi connectivity index (χ0n) is 12.4. The van der Waals surface area contributed by atoms with E-state index in [9.17, 15) is 9.90 Å². The molecule has 22 heavy (non-hydrogen) atoms. The highest BCUT2D eigenvalue weighted by molar-refractivity contribution is 6.02. The van der Waals surface area contributed by atoms with E-state index in [2.05, 4.69) is 15.5 Å². The predicted molar refractivity (Wildman–Crippen MR) is 83.9 cm³/mol. The fraction of sp³-hybridized carbons (Fsp3) is 0.312. The van der Waals surface area contributed by atoms with Gasteiger partial charge in [0.25, 0.3) is 5.91 Å². The SMILES string of the molecule is CC1(O)CCN(c2ccc(C(=O)Nc3ccccc3)nn2)C1. The zero-order chi connectivity index (χ0) is 15.6. The molecule has 2 aromatic rings. The Morgan fingerprint density at radius 3 is 2.59 bits per heavy atom. The molecule has 1 atom stereocenters. The molecule has 0 bridgehead atoms. The third-order valence-electron chi connectivity index (χ3n) is 3.69. The van der Waals surface area contributed by atoms with Crippen LogP contribution in [-0.2, 0) is 0 Å². The highest BCUT2D eigenvalue weighted by Gasteiger charge is 2.32. The number of hydrogen-bond donors (Lipinski definition) is 2. The molecule has 0 aliphatic carbocycles. The molecule has 1 aliphatic rings. The first-order chi connectivity index (χ1) is 10.5. The van der Waals surface area contributed by atoms with Gasteiger partial charge in [0.05, 0.1) is 5.60 Å². The third kappa shape index (κ3) is 3.23. The third-order valence-corrected chi connectivity index (χ3v) is 3.69. The number of β-amino-alcohol motifs (C(OH)–C–C–N with tert-alkyl or cyclic N) is 1. The molecule has 3 rings (SSSR count). The van der Waals surface area contributed by atoms with E-state index >= 15 is 0 Å². The molecule has 6 heteroatoms. The fourth-order valence-electron chi connectivity index (χ4n) is 2.47. The number of rotatable bonds is 3. The van der Waals surface area contributed by atoms with Gasteiger partial charge in [0.2, 0.25) is 0 Å². The minimum absolute atomic E-state index is 0.263. The summed E-state index contributed by atoms with van der Waals surface area (Å²) < 4.78 is 0. The Balaban J connectivity index is 1.68. The molecule has 1 aromatic heterocycles. The van der Waals surface area contributed by atoms with Crippen LogP contribution in [0.1, 0.15) is 23.8 Å². The normalized spacial score (nSPS) is 20.9. The molecule has 0 saturated carbocycles. The maximum Gasteiger partial charge on any atom is 0.276 e. The van der Waals surface area contributed by atoms with Crippen LogP contribution in [0.15, 0.2) is 42.5 Å². The number of amides is 1. The molecule has 1 aromatic carbocycles. The van der Waals surface area contributed by atoms with Crippen LogP contribution in [0.5, 0.6) is 0 Å². The molecular weight excluding hydrogens is 280 g/mol. The van der Waals surface area contributed by atoms with Crippen LogP contribution in [0, 0.1) is 0 Å².